The third kappa shape index (κ3) is 13.7. The van der Waals surface area contributed by atoms with Gasteiger partial charge in [-0.1, -0.05) is 44.9 Å². The van der Waals surface area contributed by atoms with E-state index in [0.717, 1.165) is 12.8 Å². The molecular formula is C19H40NO6P. The van der Waals surface area contributed by atoms with Gasteiger partial charge in [0.15, 0.2) is 0 Å². The standard InChI is InChI=1S/C19H40NO6P/c1-20(2,3)14-15-25-27(21,22)26-17-19(23-4)16-24-18-12-10-8-6-5-7-9-11-13-18/h18-19H,5-17H2,1-4H3. The number of likely N-dealkylation sites (N-methyl/N-ethyl adjacent to an activating group) is 1. The Morgan fingerprint density at radius 3 is 2.04 bits per heavy atom. The van der Waals surface area contributed by atoms with Crippen molar-refractivity contribution >= 4 is 7.82 Å². The van der Waals surface area contributed by atoms with Crippen molar-refractivity contribution in [1.29, 1.82) is 0 Å². The van der Waals surface area contributed by atoms with Crippen molar-refractivity contribution in [1.82, 2.24) is 0 Å². The van der Waals surface area contributed by atoms with Crippen LogP contribution < -0.4 is 4.89 Å². The molecule has 8 heteroatoms. The Morgan fingerprint density at radius 2 is 1.52 bits per heavy atom. The highest BCUT2D eigenvalue weighted by Crippen LogP contribution is 2.38. The fourth-order valence-corrected chi connectivity index (χ4v) is 3.73. The lowest BCUT2D eigenvalue weighted by Crippen LogP contribution is -2.37. The maximum Gasteiger partial charge on any atom is 0.268 e. The van der Waals surface area contributed by atoms with Crippen LogP contribution >= 0.6 is 7.82 Å². The number of quaternary nitrogens is 1. The SMILES string of the molecule is COC(COC1CCCCCCCCC1)COP(=O)([O-])OCC[N+](C)(C)C. The fourth-order valence-electron chi connectivity index (χ4n) is 3.00. The molecule has 0 aromatic heterocycles. The van der Waals surface area contributed by atoms with Crippen LogP contribution in [0, 0.1) is 0 Å². The Kier molecular flexibility index (Phi) is 12.3. The highest BCUT2D eigenvalue weighted by molar-refractivity contribution is 7.45. The zero-order valence-corrected chi connectivity index (χ0v) is 18.6. The molecule has 0 N–H and O–H groups in total. The van der Waals surface area contributed by atoms with E-state index < -0.39 is 13.9 Å². The topological polar surface area (TPSA) is 77.1 Å². The van der Waals surface area contributed by atoms with Gasteiger partial charge in [-0.05, 0) is 12.8 Å². The second-order valence-electron chi connectivity index (χ2n) is 8.46. The van der Waals surface area contributed by atoms with E-state index in [1.54, 1.807) is 7.11 Å². The maximum absolute atomic E-state index is 11.9. The number of rotatable bonds is 11. The summed E-state index contributed by atoms with van der Waals surface area (Å²) < 4.78 is 33.7. The smallest absolute Gasteiger partial charge is 0.268 e. The molecule has 0 amide bonds. The second-order valence-corrected chi connectivity index (χ2v) is 9.87. The van der Waals surface area contributed by atoms with Gasteiger partial charge in [0.1, 0.15) is 19.3 Å². The van der Waals surface area contributed by atoms with E-state index in [0.29, 0.717) is 17.6 Å². The first kappa shape index (κ1) is 25.0. The Bertz CT molecular complexity index is 419. The number of ether oxygens (including phenoxy) is 2. The summed E-state index contributed by atoms with van der Waals surface area (Å²) in [5, 5.41) is 0. The lowest BCUT2D eigenvalue weighted by atomic mass is 9.99. The van der Waals surface area contributed by atoms with Crippen LogP contribution in [0.1, 0.15) is 57.8 Å². The molecule has 2 atom stereocenters. The first-order chi connectivity index (χ1) is 12.7. The lowest BCUT2D eigenvalue weighted by Gasteiger charge is -2.28. The van der Waals surface area contributed by atoms with E-state index in [1.165, 1.54) is 44.9 Å². The number of nitrogens with zero attached hydrogens (tertiary/aromatic N) is 1. The molecule has 0 saturated heterocycles. The van der Waals surface area contributed by atoms with E-state index in [2.05, 4.69) is 0 Å². The minimum absolute atomic E-state index is 0.0889. The van der Waals surface area contributed by atoms with Crippen LogP contribution in [0.15, 0.2) is 0 Å². The molecule has 0 aromatic rings. The van der Waals surface area contributed by atoms with Gasteiger partial charge in [-0.2, -0.15) is 0 Å². The normalized spacial score (nSPS) is 21.5. The minimum Gasteiger partial charge on any atom is -0.756 e. The van der Waals surface area contributed by atoms with Crippen LogP contribution in [0.2, 0.25) is 0 Å². The van der Waals surface area contributed by atoms with Gasteiger partial charge in [0.2, 0.25) is 0 Å². The summed E-state index contributed by atoms with van der Waals surface area (Å²) >= 11 is 0. The number of methoxy groups -OCH3 is 1. The minimum atomic E-state index is -4.32. The monoisotopic (exact) mass is 409 g/mol. The van der Waals surface area contributed by atoms with E-state index in [4.69, 9.17) is 18.5 Å². The Hall–Kier alpha value is -0.0100. The number of phosphoric ester groups is 1. The molecule has 0 heterocycles. The lowest BCUT2D eigenvalue weighted by molar-refractivity contribution is -0.870. The molecular weight excluding hydrogens is 369 g/mol. The summed E-state index contributed by atoms with van der Waals surface area (Å²) in [6, 6.07) is 0. The van der Waals surface area contributed by atoms with Crippen molar-refractivity contribution in [2.24, 2.45) is 0 Å². The first-order valence-corrected chi connectivity index (χ1v) is 11.7. The molecule has 0 radical (unpaired) electrons. The molecule has 1 fully saturated rings. The van der Waals surface area contributed by atoms with Gasteiger partial charge in [-0.15, -0.1) is 0 Å². The van der Waals surface area contributed by atoms with E-state index in [-0.39, 0.29) is 19.3 Å². The van der Waals surface area contributed by atoms with Gasteiger partial charge in [-0.25, -0.2) is 0 Å². The van der Waals surface area contributed by atoms with Crippen molar-refractivity contribution in [2.45, 2.75) is 70.0 Å². The Labute approximate surface area is 165 Å². The number of hydrogen-bond acceptors (Lipinski definition) is 6. The van der Waals surface area contributed by atoms with Crippen molar-refractivity contribution in [3.8, 4) is 0 Å². The van der Waals surface area contributed by atoms with Gasteiger partial charge < -0.3 is 27.9 Å². The van der Waals surface area contributed by atoms with Crippen LogP contribution in [0.25, 0.3) is 0 Å². The quantitative estimate of drug-likeness (QED) is 0.385. The zero-order valence-electron chi connectivity index (χ0n) is 17.7. The molecule has 1 aliphatic rings. The molecule has 0 aromatic carbocycles. The molecule has 0 bridgehead atoms. The molecule has 0 aliphatic heterocycles. The van der Waals surface area contributed by atoms with Crippen molar-refractivity contribution in [2.75, 3.05) is 54.6 Å². The maximum atomic E-state index is 11.9. The Morgan fingerprint density at radius 1 is 0.963 bits per heavy atom. The molecule has 27 heavy (non-hydrogen) atoms. The van der Waals surface area contributed by atoms with Crippen LogP contribution in [0.4, 0.5) is 0 Å². The Balaban J connectivity index is 2.31. The molecule has 0 spiro atoms. The molecule has 1 aliphatic carbocycles. The van der Waals surface area contributed by atoms with Crippen LogP contribution in [0.5, 0.6) is 0 Å². The second kappa shape index (κ2) is 13.3. The van der Waals surface area contributed by atoms with E-state index >= 15 is 0 Å². The van der Waals surface area contributed by atoms with Crippen molar-refractivity contribution < 1.29 is 32.5 Å². The molecule has 7 nitrogen and oxygen atoms in total. The van der Waals surface area contributed by atoms with E-state index in [9.17, 15) is 9.46 Å². The summed E-state index contributed by atoms with van der Waals surface area (Å²) in [7, 11) is 3.13. The van der Waals surface area contributed by atoms with Crippen LogP contribution in [-0.2, 0) is 23.1 Å². The van der Waals surface area contributed by atoms with Crippen LogP contribution in [0.3, 0.4) is 0 Å². The predicted molar refractivity (Wildman–Crippen MR) is 104 cm³/mol. The summed E-state index contributed by atoms with van der Waals surface area (Å²) in [4.78, 5) is 11.9. The summed E-state index contributed by atoms with van der Waals surface area (Å²) in [5.74, 6) is 0. The average Bonchev–Trinajstić information content (AvgIpc) is 2.59. The summed E-state index contributed by atoms with van der Waals surface area (Å²) in [6.07, 6.45) is 10.8. The fraction of sp³-hybridized carbons (Fsp3) is 1.00. The van der Waals surface area contributed by atoms with Crippen molar-refractivity contribution in [3.63, 3.8) is 0 Å². The van der Waals surface area contributed by atoms with Crippen molar-refractivity contribution in [3.05, 3.63) is 0 Å². The van der Waals surface area contributed by atoms with Crippen LogP contribution in [-0.4, -0.2) is 71.3 Å². The van der Waals surface area contributed by atoms with Gasteiger partial charge in [-0.3, -0.25) is 4.57 Å². The van der Waals surface area contributed by atoms with E-state index in [1.807, 2.05) is 21.1 Å². The molecule has 162 valence electrons. The summed E-state index contributed by atoms with van der Waals surface area (Å²) in [5.41, 5.74) is 0. The summed E-state index contributed by atoms with van der Waals surface area (Å²) in [6.45, 7) is 0.920. The third-order valence-corrected chi connectivity index (χ3v) is 5.80. The predicted octanol–water partition coefficient (Wildman–Crippen LogP) is 3.12. The van der Waals surface area contributed by atoms with Gasteiger partial charge >= 0.3 is 0 Å². The largest absolute Gasteiger partial charge is 0.756 e. The molecule has 2 unspecified atom stereocenters. The number of hydrogen-bond donors (Lipinski definition) is 0. The average molecular weight is 410 g/mol. The highest BCUT2D eigenvalue weighted by atomic mass is 31.2. The highest BCUT2D eigenvalue weighted by Gasteiger charge is 2.19. The third-order valence-electron chi connectivity index (χ3n) is 4.83. The zero-order chi connectivity index (χ0) is 20.2. The van der Waals surface area contributed by atoms with Gasteiger partial charge in [0.25, 0.3) is 7.82 Å². The molecule has 1 rings (SSSR count). The van der Waals surface area contributed by atoms with Gasteiger partial charge in [0, 0.05) is 7.11 Å². The first-order valence-electron chi connectivity index (χ1n) is 10.3. The van der Waals surface area contributed by atoms with Gasteiger partial charge in [0.05, 0.1) is 40.5 Å². The molecule has 1 saturated carbocycles. The number of phosphoric acid groups is 1.